The molecule has 0 aromatic heterocycles. The molecule has 3 aromatic rings. The van der Waals surface area contributed by atoms with Crippen LogP contribution >= 0.6 is 23.2 Å². The second kappa shape index (κ2) is 14.9. The maximum atomic E-state index is 14.3. The van der Waals surface area contributed by atoms with Gasteiger partial charge in [-0.1, -0.05) is 73.3 Å². The number of sulfonamides is 1. The van der Waals surface area contributed by atoms with Crippen molar-refractivity contribution < 1.29 is 22.7 Å². The quantitative estimate of drug-likeness (QED) is 0.230. The third-order valence-electron chi connectivity index (χ3n) is 7.50. The third kappa shape index (κ3) is 8.02. The van der Waals surface area contributed by atoms with Gasteiger partial charge in [-0.15, -0.1) is 0 Å². The summed E-state index contributed by atoms with van der Waals surface area (Å²) in [4.78, 5) is 29.3. The Morgan fingerprint density at radius 1 is 0.953 bits per heavy atom. The van der Waals surface area contributed by atoms with Crippen LogP contribution in [0.1, 0.15) is 51.5 Å². The van der Waals surface area contributed by atoms with Crippen molar-refractivity contribution in [2.75, 3.05) is 17.5 Å². The fraction of sp³-hybridized carbons (Fsp3) is 0.375. The first-order chi connectivity index (χ1) is 20.6. The van der Waals surface area contributed by atoms with Crippen LogP contribution in [0.3, 0.4) is 0 Å². The van der Waals surface area contributed by atoms with E-state index in [4.69, 9.17) is 27.9 Å². The van der Waals surface area contributed by atoms with Gasteiger partial charge in [0.05, 0.1) is 17.2 Å². The molecular formula is C32H37Cl2N3O5S. The van der Waals surface area contributed by atoms with E-state index in [1.807, 2.05) is 6.92 Å². The number of anilines is 1. The van der Waals surface area contributed by atoms with Crippen LogP contribution in [0.4, 0.5) is 5.69 Å². The lowest BCUT2D eigenvalue weighted by Gasteiger charge is -2.34. The molecule has 0 radical (unpaired) electrons. The number of para-hydroxylation sites is 2. The Bertz CT molecular complexity index is 1510. The number of amides is 2. The van der Waals surface area contributed by atoms with Gasteiger partial charge in [0.1, 0.15) is 18.3 Å². The average Bonchev–Trinajstić information content (AvgIpc) is 3.50. The fourth-order valence-electron chi connectivity index (χ4n) is 5.29. The molecule has 1 fully saturated rings. The average molecular weight is 647 g/mol. The lowest BCUT2D eigenvalue weighted by molar-refractivity contribution is -0.140. The van der Waals surface area contributed by atoms with Crippen molar-refractivity contribution in [2.24, 2.45) is 0 Å². The molecule has 1 atom stereocenters. The first kappa shape index (κ1) is 32.6. The zero-order chi connectivity index (χ0) is 31.0. The van der Waals surface area contributed by atoms with Crippen molar-refractivity contribution in [1.29, 1.82) is 0 Å². The molecule has 8 nitrogen and oxygen atoms in total. The number of carbonyl (C=O) groups is 2. The molecular weight excluding hydrogens is 609 g/mol. The molecule has 2 amide bonds. The SMILES string of the molecule is CCOc1ccccc1N(CC(=O)N(Cc1ccccc1Cl)[C@H](CC)C(=O)NC1CCCC1)S(=O)(=O)c1ccc(Cl)cc1. The van der Waals surface area contributed by atoms with Gasteiger partial charge in [-0.25, -0.2) is 8.42 Å². The first-order valence-electron chi connectivity index (χ1n) is 14.5. The van der Waals surface area contributed by atoms with Crippen molar-refractivity contribution in [2.45, 2.75) is 69.5 Å². The summed E-state index contributed by atoms with van der Waals surface area (Å²) in [5.41, 5.74) is 0.847. The van der Waals surface area contributed by atoms with E-state index in [9.17, 15) is 18.0 Å². The van der Waals surface area contributed by atoms with E-state index in [2.05, 4.69) is 5.32 Å². The van der Waals surface area contributed by atoms with E-state index in [1.54, 1.807) is 55.5 Å². The smallest absolute Gasteiger partial charge is 0.264 e. The van der Waals surface area contributed by atoms with Crippen LogP contribution < -0.4 is 14.4 Å². The molecule has 3 aromatic carbocycles. The molecule has 1 saturated carbocycles. The molecule has 1 N–H and O–H groups in total. The van der Waals surface area contributed by atoms with Gasteiger partial charge >= 0.3 is 0 Å². The largest absolute Gasteiger partial charge is 0.492 e. The summed E-state index contributed by atoms with van der Waals surface area (Å²) in [5.74, 6) is -0.521. The Morgan fingerprint density at radius 2 is 1.60 bits per heavy atom. The predicted molar refractivity (Wildman–Crippen MR) is 170 cm³/mol. The molecule has 0 unspecified atom stereocenters. The minimum atomic E-state index is -4.27. The Kier molecular flexibility index (Phi) is 11.3. The zero-order valence-electron chi connectivity index (χ0n) is 24.3. The summed E-state index contributed by atoms with van der Waals surface area (Å²) in [7, 11) is -4.27. The van der Waals surface area contributed by atoms with Crippen LogP contribution in [-0.4, -0.2) is 50.4 Å². The number of ether oxygens (including phenoxy) is 1. The van der Waals surface area contributed by atoms with E-state index in [-0.39, 0.29) is 35.7 Å². The molecule has 1 aliphatic carbocycles. The Balaban J connectivity index is 1.76. The molecule has 4 rings (SSSR count). The van der Waals surface area contributed by atoms with Gasteiger partial charge < -0.3 is 15.0 Å². The molecule has 1 aliphatic rings. The normalized spacial score (nSPS) is 14.2. The Labute approximate surface area is 264 Å². The topological polar surface area (TPSA) is 96.0 Å². The molecule has 11 heteroatoms. The minimum Gasteiger partial charge on any atom is -0.492 e. The van der Waals surface area contributed by atoms with Gasteiger partial charge in [0, 0.05) is 22.6 Å². The number of carbonyl (C=O) groups excluding carboxylic acids is 2. The lowest BCUT2D eigenvalue weighted by Crippen LogP contribution is -2.53. The number of hydrogen-bond acceptors (Lipinski definition) is 5. The standard InChI is InChI=1S/C32H37Cl2N3O5S/c1-3-28(32(39)35-25-12-6-7-13-25)36(21-23-11-5-8-14-27(23)34)31(38)22-37(29-15-9-10-16-30(29)42-4-2)43(40,41)26-19-17-24(33)18-20-26/h5,8-11,14-20,25,28H,3-4,6-7,12-13,21-22H2,1-2H3,(H,35,39)/t28-/m1/s1. The van der Waals surface area contributed by atoms with Crippen molar-refractivity contribution in [1.82, 2.24) is 10.2 Å². The van der Waals surface area contributed by atoms with Crippen LogP contribution in [0, 0.1) is 0 Å². The van der Waals surface area contributed by atoms with Gasteiger partial charge in [-0.05, 0) is 74.2 Å². The molecule has 0 heterocycles. The van der Waals surface area contributed by atoms with Crippen LogP contribution in [0.25, 0.3) is 0 Å². The maximum Gasteiger partial charge on any atom is 0.264 e. The third-order valence-corrected chi connectivity index (χ3v) is 9.89. The molecule has 0 spiro atoms. The van der Waals surface area contributed by atoms with Crippen LogP contribution in [-0.2, 0) is 26.2 Å². The number of rotatable bonds is 13. The van der Waals surface area contributed by atoms with Crippen LogP contribution in [0.5, 0.6) is 5.75 Å². The fourth-order valence-corrected chi connectivity index (χ4v) is 7.03. The van der Waals surface area contributed by atoms with E-state index in [1.165, 1.54) is 29.2 Å². The first-order valence-corrected chi connectivity index (χ1v) is 16.7. The summed E-state index contributed by atoms with van der Waals surface area (Å²) in [6.07, 6.45) is 4.19. The number of nitrogens with one attached hydrogen (secondary N) is 1. The Hall–Kier alpha value is -3.27. The molecule has 230 valence electrons. The summed E-state index contributed by atoms with van der Waals surface area (Å²) in [5, 5.41) is 3.93. The number of nitrogens with zero attached hydrogens (tertiary/aromatic N) is 2. The van der Waals surface area contributed by atoms with E-state index < -0.39 is 28.5 Å². The second-order valence-electron chi connectivity index (χ2n) is 10.4. The van der Waals surface area contributed by atoms with Gasteiger partial charge in [-0.3, -0.25) is 13.9 Å². The summed E-state index contributed by atoms with van der Waals surface area (Å²) < 4.78 is 35.1. The highest BCUT2D eigenvalue weighted by molar-refractivity contribution is 7.92. The van der Waals surface area contributed by atoms with E-state index in [0.29, 0.717) is 27.8 Å². The van der Waals surface area contributed by atoms with Crippen molar-refractivity contribution in [3.63, 3.8) is 0 Å². The molecule has 0 saturated heterocycles. The molecule has 0 bridgehead atoms. The second-order valence-corrected chi connectivity index (χ2v) is 13.1. The number of halogens is 2. The van der Waals surface area contributed by atoms with Gasteiger partial charge in [-0.2, -0.15) is 0 Å². The summed E-state index contributed by atoms with van der Waals surface area (Å²) >= 11 is 12.5. The minimum absolute atomic E-state index is 0.0248. The highest BCUT2D eigenvalue weighted by atomic mass is 35.5. The monoisotopic (exact) mass is 645 g/mol. The van der Waals surface area contributed by atoms with Gasteiger partial charge in [0.15, 0.2) is 0 Å². The van der Waals surface area contributed by atoms with Crippen molar-refractivity contribution in [3.05, 3.63) is 88.4 Å². The van der Waals surface area contributed by atoms with Crippen molar-refractivity contribution in [3.8, 4) is 5.75 Å². The lowest BCUT2D eigenvalue weighted by atomic mass is 10.1. The number of hydrogen-bond donors (Lipinski definition) is 1. The Morgan fingerprint density at radius 3 is 2.26 bits per heavy atom. The summed E-state index contributed by atoms with van der Waals surface area (Å²) in [6, 6.07) is 18.7. The van der Waals surface area contributed by atoms with E-state index in [0.717, 1.165) is 30.0 Å². The predicted octanol–water partition coefficient (Wildman–Crippen LogP) is 6.45. The highest BCUT2D eigenvalue weighted by Crippen LogP contribution is 2.33. The van der Waals surface area contributed by atoms with Crippen LogP contribution in [0.2, 0.25) is 10.0 Å². The molecule has 0 aliphatic heterocycles. The zero-order valence-corrected chi connectivity index (χ0v) is 26.7. The van der Waals surface area contributed by atoms with Gasteiger partial charge in [0.25, 0.3) is 10.0 Å². The maximum absolute atomic E-state index is 14.3. The number of benzene rings is 3. The van der Waals surface area contributed by atoms with Crippen molar-refractivity contribution >= 4 is 50.7 Å². The summed E-state index contributed by atoms with van der Waals surface area (Å²) in [6.45, 7) is 3.36. The van der Waals surface area contributed by atoms with Crippen LogP contribution in [0.15, 0.2) is 77.7 Å². The van der Waals surface area contributed by atoms with Gasteiger partial charge in [0.2, 0.25) is 11.8 Å². The molecule has 43 heavy (non-hydrogen) atoms. The highest BCUT2D eigenvalue weighted by Gasteiger charge is 2.35. The van der Waals surface area contributed by atoms with E-state index >= 15 is 0 Å².